The van der Waals surface area contributed by atoms with Gasteiger partial charge in [0.2, 0.25) is 0 Å². The highest BCUT2D eigenvalue weighted by atomic mass is 14.9. The molecule has 0 atom stereocenters. The van der Waals surface area contributed by atoms with Gasteiger partial charge in [-0.15, -0.1) is 0 Å². The average molecular weight is 704 g/mol. The number of nitrogens with zero attached hydrogens (tertiary/aromatic N) is 3. The molecule has 9 aromatic rings. The van der Waals surface area contributed by atoms with E-state index < -0.39 is 0 Å². The summed E-state index contributed by atoms with van der Waals surface area (Å²) < 4.78 is 0. The second-order valence-electron chi connectivity index (χ2n) is 14.9. The molecule has 0 N–H and O–H groups in total. The molecule has 3 nitrogen and oxygen atoms in total. The molecule has 3 heteroatoms. The van der Waals surface area contributed by atoms with Crippen molar-refractivity contribution in [2.24, 2.45) is 0 Å². The third-order valence-electron chi connectivity index (χ3n) is 11.2. The summed E-state index contributed by atoms with van der Waals surface area (Å²) in [6.45, 7) is 4.66. The second kappa shape index (κ2) is 13.2. The molecule has 0 saturated heterocycles. The van der Waals surface area contributed by atoms with Gasteiger partial charge in [0.25, 0.3) is 0 Å². The Labute approximate surface area is 321 Å². The number of rotatable bonds is 6. The van der Waals surface area contributed by atoms with Crippen molar-refractivity contribution < 1.29 is 0 Å². The van der Waals surface area contributed by atoms with Gasteiger partial charge in [-0.2, -0.15) is 0 Å². The molecule has 260 valence electrons. The molecule has 2 heterocycles. The van der Waals surface area contributed by atoms with E-state index in [1.54, 1.807) is 6.20 Å². The van der Waals surface area contributed by atoms with Crippen LogP contribution in [0.15, 0.2) is 188 Å². The number of hydrogen-bond donors (Lipinski definition) is 0. The summed E-state index contributed by atoms with van der Waals surface area (Å²) in [5, 5.41) is 2.33. The summed E-state index contributed by atoms with van der Waals surface area (Å²) in [5.41, 5.74) is 17.3. The molecule has 0 amide bonds. The molecule has 0 saturated carbocycles. The summed E-state index contributed by atoms with van der Waals surface area (Å²) in [6, 6.07) is 62.9. The zero-order valence-electron chi connectivity index (χ0n) is 30.7. The second-order valence-corrected chi connectivity index (χ2v) is 14.9. The molecule has 0 spiro atoms. The maximum absolute atomic E-state index is 5.20. The van der Waals surface area contributed by atoms with Crippen LogP contribution in [0, 0.1) is 0 Å². The van der Waals surface area contributed by atoms with Crippen LogP contribution in [0.1, 0.15) is 25.0 Å². The van der Waals surface area contributed by atoms with Gasteiger partial charge in [0, 0.05) is 40.1 Å². The van der Waals surface area contributed by atoms with E-state index in [2.05, 4.69) is 170 Å². The zero-order chi connectivity index (χ0) is 36.9. The van der Waals surface area contributed by atoms with Gasteiger partial charge in [-0.3, -0.25) is 4.98 Å². The lowest BCUT2D eigenvalue weighted by molar-refractivity contribution is 0.660. The maximum atomic E-state index is 5.20. The third-order valence-corrected chi connectivity index (χ3v) is 11.2. The van der Waals surface area contributed by atoms with Crippen LogP contribution in [-0.2, 0) is 5.41 Å². The number of aromatic nitrogens is 3. The van der Waals surface area contributed by atoms with Gasteiger partial charge >= 0.3 is 0 Å². The molecule has 1 aliphatic rings. The van der Waals surface area contributed by atoms with Gasteiger partial charge in [-0.05, 0) is 85.1 Å². The molecular weight excluding hydrogens is 667 g/mol. The molecule has 0 fully saturated rings. The lowest BCUT2D eigenvalue weighted by Gasteiger charge is -2.21. The van der Waals surface area contributed by atoms with Crippen LogP contribution in [0.2, 0.25) is 0 Å². The van der Waals surface area contributed by atoms with Crippen LogP contribution in [-0.4, -0.2) is 15.0 Å². The van der Waals surface area contributed by atoms with Crippen molar-refractivity contribution >= 4 is 10.8 Å². The van der Waals surface area contributed by atoms with E-state index in [9.17, 15) is 0 Å². The van der Waals surface area contributed by atoms with Crippen molar-refractivity contribution in [1.29, 1.82) is 0 Å². The molecule has 55 heavy (non-hydrogen) atoms. The Morgan fingerprint density at radius 3 is 1.80 bits per heavy atom. The van der Waals surface area contributed by atoms with Gasteiger partial charge in [0.05, 0.1) is 11.4 Å². The molecule has 0 unspecified atom stereocenters. The van der Waals surface area contributed by atoms with E-state index in [0.29, 0.717) is 5.82 Å². The lowest BCUT2D eigenvalue weighted by atomic mass is 9.82. The fourth-order valence-electron chi connectivity index (χ4n) is 8.36. The first-order valence-corrected chi connectivity index (χ1v) is 18.8. The fourth-order valence-corrected chi connectivity index (χ4v) is 8.36. The van der Waals surface area contributed by atoms with Crippen LogP contribution >= 0.6 is 0 Å². The molecule has 2 aromatic heterocycles. The first-order valence-electron chi connectivity index (χ1n) is 18.8. The smallest absolute Gasteiger partial charge is 0.160 e. The van der Waals surface area contributed by atoms with E-state index in [-0.39, 0.29) is 5.41 Å². The fraction of sp³-hybridized carbons (Fsp3) is 0.0577. The van der Waals surface area contributed by atoms with Crippen LogP contribution < -0.4 is 0 Å². The first kappa shape index (κ1) is 32.7. The summed E-state index contributed by atoms with van der Waals surface area (Å²) in [5.74, 6) is 0.697. The van der Waals surface area contributed by atoms with Crippen molar-refractivity contribution in [3.8, 4) is 78.4 Å². The van der Waals surface area contributed by atoms with Gasteiger partial charge < -0.3 is 0 Å². The van der Waals surface area contributed by atoms with Crippen molar-refractivity contribution in [3.63, 3.8) is 0 Å². The summed E-state index contributed by atoms with van der Waals surface area (Å²) in [4.78, 5) is 14.7. The summed E-state index contributed by atoms with van der Waals surface area (Å²) in [6.07, 6.45) is 3.70. The van der Waals surface area contributed by atoms with Crippen LogP contribution in [0.4, 0.5) is 0 Å². The largest absolute Gasteiger partial charge is 0.264 e. The van der Waals surface area contributed by atoms with E-state index in [1.807, 2.05) is 30.5 Å². The van der Waals surface area contributed by atoms with Crippen LogP contribution in [0.5, 0.6) is 0 Å². The molecular formula is C52H37N3. The highest BCUT2D eigenvalue weighted by molar-refractivity contribution is 6.05. The van der Waals surface area contributed by atoms with E-state index in [4.69, 9.17) is 9.97 Å². The molecule has 1 aliphatic carbocycles. The molecule has 0 aliphatic heterocycles. The van der Waals surface area contributed by atoms with Crippen molar-refractivity contribution in [1.82, 2.24) is 15.0 Å². The average Bonchev–Trinajstić information content (AvgIpc) is 3.49. The number of hydrogen-bond acceptors (Lipinski definition) is 3. The van der Waals surface area contributed by atoms with Crippen molar-refractivity contribution in [2.75, 3.05) is 0 Å². The number of pyridine rings is 1. The predicted octanol–water partition coefficient (Wildman–Crippen LogP) is 13.3. The van der Waals surface area contributed by atoms with Crippen molar-refractivity contribution in [3.05, 3.63) is 199 Å². The monoisotopic (exact) mass is 703 g/mol. The van der Waals surface area contributed by atoms with Gasteiger partial charge in [0.1, 0.15) is 0 Å². The van der Waals surface area contributed by atoms with E-state index in [1.165, 1.54) is 49.9 Å². The van der Waals surface area contributed by atoms with Crippen LogP contribution in [0.3, 0.4) is 0 Å². The molecule has 10 rings (SSSR count). The summed E-state index contributed by atoms with van der Waals surface area (Å²) >= 11 is 0. The van der Waals surface area contributed by atoms with Crippen LogP contribution in [0.25, 0.3) is 89.2 Å². The predicted molar refractivity (Wildman–Crippen MR) is 228 cm³/mol. The molecule has 0 bridgehead atoms. The summed E-state index contributed by atoms with van der Waals surface area (Å²) in [7, 11) is 0. The Kier molecular flexibility index (Phi) is 7.81. The number of fused-ring (bicyclic) bond motifs is 4. The Bertz CT molecular complexity index is 2870. The Balaban J connectivity index is 1.05. The standard InChI is InChI=1S/C52H37N3/c1-52(2)47-20-9-8-19-44(47)46-31-38(25-28-48(46)52)34-21-23-35(24-22-34)41-26-27-45(43-18-7-6-17-42(41)43)50-32-49(54-51(55-50)36-12-4-3-5-13-36)39-15-10-14-37(30-39)40-16-11-29-53-33-40/h3-33H,1-2H3. The maximum Gasteiger partial charge on any atom is 0.160 e. The van der Waals surface area contributed by atoms with Gasteiger partial charge in [-0.1, -0.05) is 166 Å². The van der Waals surface area contributed by atoms with E-state index in [0.717, 1.165) is 44.6 Å². The van der Waals surface area contributed by atoms with Gasteiger partial charge in [0.15, 0.2) is 5.82 Å². The molecule has 0 radical (unpaired) electrons. The lowest BCUT2D eigenvalue weighted by Crippen LogP contribution is -2.14. The Morgan fingerprint density at radius 1 is 0.364 bits per heavy atom. The minimum absolute atomic E-state index is 0.00333. The topological polar surface area (TPSA) is 38.7 Å². The third kappa shape index (κ3) is 5.73. The van der Waals surface area contributed by atoms with E-state index >= 15 is 0 Å². The minimum Gasteiger partial charge on any atom is -0.264 e. The quantitative estimate of drug-likeness (QED) is 0.173. The van der Waals surface area contributed by atoms with Gasteiger partial charge in [-0.25, -0.2) is 9.97 Å². The Morgan fingerprint density at radius 2 is 0.982 bits per heavy atom. The highest BCUT2D eigenvalue weighted by Crippen LogP contribution is 2.49. The Hall–Kier alpha value is -6.97. The minimum atomic E-state index is 0.00333. The highest BCUT2D eigenvalue weighted by Gasteiger charge is 2.35. The number of benzene rings is 7. The van der Waals surface area contributed by atoms with Crippen molar-refractivity contribution in [2.45, 2.75) is 19.3 Å². The SMILES string of the molecule is CC1(C)c2ccccc2-c2cc(-c3ccc(-c4ccc(-c5cc(-c6cccc(-c7cccnc7)c6)nc(-c6ccccc6)n5)c5ccccc45)cc3)ccc21. The normalized spacial score (nSPS) is 12.7. The molecule has 7 aromatic carbocycles. The first-order chi connectivity index (χ1) is 27.0. The zero-order valence-corrected chi connectivity index (χ0v) is 30.7.